The first-order valence-electron chi connectivity index (χ1n) is 8.96. The lowest BCUT2D eigenvalue weighted by Crippen LogP contribution is -2.56. The van der Waals surface area contributed by atoms with E-state index in [1.165, 1.54) is 0 Å². The standard InChI is InChI=1S/C19H30N2O3/c1-15(2)21(18-11-7-6-10-17(18)20-12-13-22)19(23)24-14-16-8-4-3-5-9-16/h3-5,8-9,15,17-18,20,22H,6-7,10-14H2,1-2H3. The Hall–Kier alpha value is -1.59. The highest BCUT2D eigenvalue weighted by atomic mass is 16.6. The van der Waals surface area contributed by atoms with Crippen LogP contribution in [0.4, 0.5) is 4.79 Å². The van der Waals surface area contributed by atoms with Crippen LogP contribution in [0.25, 0.3) is 0 Å². The highest BCUT2D eigenvalue weighted by molar-refractivity contribution is 5.68. The molecule has 0 aromatic heterocycles. The third kappa shape index (κ3) is 5.21. The molecular weight excluding hydrogens is 304 g/mol. The minimum Gasteiger partial charge on any atom is -0.445 e. The van der Waals surface area contributed by atoms with E-state index in [0.717, 1.165) is 31.2 Å². The summed E-state index contributed by atoms with van der Waals surface area (Å²) in [5.74, 6) is 0. The molecule has 2 N–H and O–H groups in total. The number of carbonyl (C=O) groups excluding carboxylic acids is 1. The van der Waals surface area contributed by atoms with E-state index in [2.05, 4.69) is 5.32 Å². The second kappa shape index (κ2) is 9.64. The van der Waals surface area contributed by atoms with Crippen LogP contribution in [0.5, 0.6) is 0 Å². The minimum absolute atomic E-state index is 0.0785. The summed E-state index contributed by atoms with van der Waals surface area (Å²) in [7, 11) is 0. The number of amides is 1. The number of nitrogens with one attached hydrogen (secondary N) is 1. The van der Waals surface area contributed by atoms with Gasteiger partial charge in [0.25, 0.3) is 0 Å². The number of nitrogens with zero attached hydrogens (tertiary/aromatic N) is 1. The van der Waals surface area contributed by atoms with E-state index >= 15 is 0 Å². The number of carbonyl (C=O) groups is 1. The molecule has 1 aliphatic rings. The predicted octanol–water partition coefficient (Wildman–Crippen LogP) is 2.93. The summed E-state index contributed by atoms with van der Waals surface area (Å²) in [6.45, 7) is 5.03. The van der Waals surface area contributed by atoms with E-state index in [4.69, 9.17) is 9.84 Å². The number of ether oxygens (including phenoxy) is 1. The minimum atomic E-state index is -0.253. The van der Waals surface area contributed by atoms with Crippen LogP contribution in [0.2, 0.25) is 0 Å². The molecule has 1 fully saturated rings. The Morgan fingerprint density at radius 1 is 1.29 bits per heavy atom. The maximum Gasteiger partial charge on any atom is 0.410 e. The van der Waals surface area contributed by atoms with Crippen molar-refractivity contribution in [2.45, 2.75) is 64.3 Å². The molecular formula is C19H30N2O3. The van der Waals surface area contributed by atoms with Crippen LogP contribution in [0.1, 0.15) is 45.1 Å². The molecule has 0 bridgehead atoms. The molecule has 0 spiro atoms. The molecule has 0 heterocycles. The van der Waals surface area contributed by atoms with Crippen LogP contribution in [0, 0.1) is 0 Å². The van der Waals surface area contributed by atoms with Crippen molar-refractivity contribution < 1.29 is 14.6 Å². The van der Waals surface area contributed by atoms with Crippen molar-refractivity contribution >= 4 is 6.09 Å². The molecule has 1 aromatic carbocycles. The van der Waals surface area contributed by atoms with Gasteiger partial charge in [-0.15, -0.1) is 0 Å². The van der Waals surface area contributed by atoms with Crippen molar-refractivity contribution in [3.05, 3.63) is 35.9 Å². The van der Waals surface area contributed by atoms with Crippen molar-refractivity contribution in [3.63, 3.8) is 0 Å². The highest BCUT2D eigenvalue weighted by Crippen LogP contribution is 2.26. The Labute approximate surface area is 145 Å². The van der Waals surface area contributed by atoms with Gasteiger partial charge in [0.2, 0.25) is 0 Å². The van der Waals surface area contributed by atoms with Gasteiger partial charge in [-0.3, -0.25) is 0 Å². The van der Waals surface area contributed by atoms with Crippen LogP contribution in [-0.4, -0.2) is 47.4 Å². The van der Waals surface area contributed by atoms with E-state index < -0.39 is 0 Å². The Morgan fingerprint density at radius 3 is 2.67 bits per heavy atom. The zero-order valence-electron chi connectivity index (χ0n) is 14.8. The van der Waals surface area contributed by atoms with Crippen molar-refractivity contribution in [2.75, 3.05) is 13.2 Å². The molecule has 2 rings (SSSR count). The fourth-order valence-electron chi connectivity index (χ4n) is 3.46. The van der Waals surface area contributed by atoms with Crippen LogP contribution in [-0.2, 0) is 11.3 Å². The zero-order chi connectivity index (χ0) is 17.4. The van der Waals surface area contributed by atoms with Crippen molar-refractivity contribution in [3.8, 4) is 0 Å². The van der Waals surface area contributed by atoms with Gasteiger partial charge in [0.15, 0.2) is 0 Å². The normalized spacial score (nSPS) is 20.8. The van der Waals surface area contributed by atoms with E-state index in [1.807, 2.05) is 49.1 Å². The van der Waals surface area contributed by atoms with Crippen LogP contribution in [0.3, 0.4) is 0 Å². The monoisotopic (exact) mass is 334 g/mol. The molecule has 0 aliphatic heterocycles. The van der Waals surface area contributed by atoms with Crippen molar-refractivity contribution in [1.82, 2.24) is 10.2 Å². The van der Waals surface area contributed by atoms with E-state index in [-0.39, 0.29) is 30.8 Å². The molecule has 2 atom stereocenters. The molecule has 1 aromatic rings. The van der Waals surface area contributed by atoms with Gasteiger partial charge in [-0.2, -0.15) is 0 Å². The second-order valence-corrected chi connectivity index (χ2v) is 6.68. The van der Waals surface area contributed by atoms with Crippen molar-refractivity contribution in [1.29, 1.82) is 0 Å². The molecule has 5 nitrogen and oxygen atoms in total. The SMILES string of the molecule is CC(C)N(C(=O)OCc1ccccc1)C1CCCCC1NCCO. The molecule has 134 valence electrons. The van der Waals surface area contributed by atoms with Crippen LogP contribution < -0.4 is 5.32 Å². The summed E-state index contributed by atoms with van der Waals surface area (Å²) < 4.78 is 5.57. The Kier molecular flexibility index (Phi) is 7.53. The number of aliphatic hydroxyl groups is 1. The molecule has 1 amide bonds. The average molecular weight is 334 g/mol. The van der Waals surface area contributed by atoms with Gasteiger partial charge in [-0.25, -0.2) is 4.79 Å². The van der Waals surface area contributed by atoms with Crippen LogP contribution in [0.15, 0.2) is 30.3 Å². The summed E-state index contributed by atoms with van der Waals surface area (Å²) in [6, 6.07) is 10.2. The number of hydrogen-bond donors (Lipinski definition) is 2. The van der Waals surface area contributed by atoms with Gasteiger partial charge in [0.1, 0.15) is 6.61 Å². The van der Waals surface area contributed by atoms with Gasteiger partial charge in [-0.1, -0.05) is 43.2 Å². The largest absolute Gasteiger partial charge is 0.445 e. The lowest BCUT2D eigenvalue weighted by atomic mass is 9.88. The number of hydrogen-bond acceptors (Lipinski definition) is 4. The summed E-state index contributed by atoms with van der Waals surface area (Å²) in [4.78, 5) is 14.6. The second-order valence-electron chi connectivity index (χ2n) is 6.68. The van der Waals surface area contributed by atoms with Crippen LogP contribution >= 0.6 is 0 Å². The quantitative estimate of drug-likeness (QED) is 0.805. The zero-order valence-corrected chi connectivity index (χ0v) is 14.8. The lowest BCUT2D eigenvalue weighted by Gasteiger charge is -2.41. The van der Waals surface area contributed by atoms with Gasteiger partial charge >= 0.3 is 6.09 Å². The summed E-state index contributed by atoms with van der Waals surface area (Å²) in [5.41, 5.74) is 0.994. The average Bonchev–Trinajstić information content (AvgIpc) is 2.60. The summed E-state index contributed by atoms with van der Waals surface area (Å²) >= 11 is 0. The van der Waals surface area contributed by atoms with E-state index in [0.29, 0.717) is 13.2 Å². The molecule has 0 saturated heterocycles. The lowest BCUT2D eigenvalue weighted by molar-refractivity contribution is 0.0471. The predicted molar refractivity (Wildman–Crippen MR) is 94.7 cm³/mol. The number of aliphatic hydroxyl groups excluding tert-OH is 1. The topological polar surface area (TPSA) is 61.8 Å². The summed E-state index contributed by atoms with van der Waals surface area (Å²) in [6.07, 6.45) is 4.03. The van der Waals surface area contributed by atoms with Crippen molar-refractivity contribution in [2.24, 2.45) is 0 Å². The maximum atomic E-state index is 12.7. The Morgan fingerprint density at radius 2 is 2.00 bits per heavy atom. The molecule has 24 heavy (non-hydrogen) atoms. The van der Waals surface area contributed by atoms with Gasteiger partial charge in [0, 0.05) is 18.6 Å². The Balaban J connectivity index is 2.01. The van der Waals surface area contributed by atoms with Gasteiger partial charge < -0.3 is 20.1 Å². The molecule has 0 radical (unpaired) electrons. The third-order valence-corrected chi connectivity index (χ3v) is 4.58. The smallest absolute Gasteiger partial charge is 0.410 e. The molecule has 1 aliphatic carbocycles. The fraction of sp³-hybridized carbons (Fsp3) is 0.632. The summed E-state index contributed by atoms with van der Waals surface area (Å²) in [5, 5.41) is 12.5. The van der Waals surface area contributed by atoms with Gasteiger partial charge in [0.05, 0.1) is 12.6 Å². The van der Waals surface area contributed by atoms with E-state index in [9.17, 15) is 4.79 Å². The number of benzene rings is 1. The third-order valence-electron chi connectivity index (χ3n) is 4.58. The molecule has 2 unspecified atom stereocenters. The highest BCUT2D eigenvalue weighted by Gasteiger charge is 2.35. The first-order valence-corrected chi connectivity index (χ1v) is 8.96. The first kappa shape index (κ1) is 18.7. The molecule has 5 heteroatoms. The first-order chi connectivity index (χ1) is 11.6. The maximum absolute atomic E-state index is 12.7. The van der Waals surface area contributed by atoms with Gasteiger partial charge in [-0.05, 0) is 32.3 Å². The number of rotatable bonds is 7. The Bertz CT molecular complexity index is 493. The molecule has 1 saturated carbocycles. The fourth-order valence-corrected chi connectivity index (χ4v) is 3.46. The van der Waals surface area contributed by atoms with E-state index in [1.54, 1.807) is 0 Å².